The van der Waals surface area contributed by atoms with E-state index < -0.39 is 5.60 Å². The lowest BCUT2D eigenvalue weighted by atomic mass is 9.70. The van der Waals surface area contributed by atoms with Gasteiger partial charge in [0, 0.05) is 24.6 Å². The highest BCUT2D eigenvalue weighted by molar-refractivity contribution is 5.89. The SMILES string of the molecule is CC(=O)Nc1cccc(-c2ccc(OCCC3(OC(=O)NC(C)(C)C)CCC(C)(C)CC3)cc2)c1. The second-order valence-electron chi connectivity index (χ2n) is 11.5. The summed E-state index contributed by atoms with van der Waals surface area (Å²) in [7, 11) is 0. The predicted octanol–water partition coefficient (Wildman–Crippen LogP) is 6.94. The molecule has 6 nitrogen and oxygen atoms in total. The van der Waals surface area contributed by atoms with Crippen molar-refractivity contribution < 1.29 is 19.1 Å². The van der Waals surface area contributed by atoms with Gasteiger partial charge in [0.15, 0.2) is 0 Å². The molecule has 0 saturated heterocycles. The van der Waals surface area contributed by atoms with E-state index in [1.165, 1.54) is 6.92 Å². The minimum atomic E-state index is -0.505. The molecule has 0 unspecified atom stereocenters. The van der Waals surface area contributed by atoms with E-state index in [4.69, 9.17) is 9.47 Å². The highest BCUT2D eigenvalue weighted by Crippen LogP contribution is 2.44. The zero-order valence-corrected chi connectivity index (χ0v) is 22.0. The quantitative estimate of drug-likeness (QED) is 0.450. The van der Waals surface area contributed by atoms with Gasteiger partial charge in [0.1, 0.15) is 11.4 Å². The van der Waals surface area contributed by atoms with E-state index in [1.54, 1.807) is 0 Å². The lowest BCUT2D eigenvalue weighted by molar-refractivity contribution is -0.114. The average Bonchev–Trinajstić information content (AvgIpc) is 2.75. The molecule has 0 aliphatic heterocycles. The first kappa shape index (κ1) is 26.6. The van der Waals surface area contributed by atoms with Crippen LogP contribution in [0.5, 0.6) is 5.75 Å². The Hall–Kier alpha value is -3.02. The molecule has 2 aromatic rings. The lowest BCUT2D eigenvalue weighted by Gasteiger charge is -2.43. The molecule has 2 aromatic carbocycles. The van der Waals surface area contributed by atoms with Gasteiger partial charge in [-0.05, 0) is 87.3 Å². The molecule has 1 aliphatic rings. The van der Waals surface area contributed by atoms with E-state index in [9.17, 15) is 9.59 Å². The Morgan fingerprint density at radius 3 is 2.20 bits per heavy atom. The average molecular weight is 481 g/mol. The van der Waals surface area contributed by atoms with Crippen LogP contribution in [0.2, 0.25) is 0 Å². The van der Waals surface area contributed by atoms with Crippen LogP contribution in [0, 0.1) is 5.41 Å². The molecule has 0 heterocycles. The second kappa shape index (κ2) is 10.7. The maximum atomic E-state index is 12.6. The van der Waals surface area contributed by atoms with Crippen molar-refractivity contribution in [1.82, 2.24) is 5.32 Å². The van der Waals surface area contributed by atoms with Gasteiger partial charge in [0.2, 0.25) is 5.91 Å². The molecule has 190 valence electrons. The van der Waals surface area contributed by atoms with E-state index in [1.807, 2.05) is 69.3 Å². The van der Waals surface area contributed by atoms with Crippen molar-refractivity contribution in [2.75, 3.05) is 11.9 Å². The molecule has 0 atom stereocenters. The van der Waals surface area contributed by atoms with Gasteiger partial charge in [-0.3, -0.25) is 4.79 Å². The maximum absolute atomic E-state index is 12.6. The number of nitrogens with one attached hydrogen (secondary N) is 2. The summed E-state index contributed by atoms with van der Waals surface area (Å²) in [6, 6.07) is 15.7. The predicted molar refractivity (Wildman–Crippen MR) is 141 cm³/mol. The zero-order valence-electron chi connectivity index (χ0n) is 22.0. The number of amides is 2. The van der Waals surface area contributed by atoms with Crippen LogP contribution in [-0.2, 0) is 9.53 Å². The largest absolute Gasteiger partial charge is 0.493 e. The fraction of sp³-hybridized carbons (Fsp3) is 0.517. The topological polar surface area (TPSA) is 76.7 Å². The second-order valence-corrected chi connectivity index (χ2v) is 11.5. The van der Waals surface area contributed by atoms with E-state index >= 15 is 0 Å². The Labute approximate surface area is 209 Å². The van der Waals surface area contributed by atoms with Crippen LogP contribution in [0.1, 0.15) is 73.6 Å². The van der Waals surface area contributed by atoms with E-state index in [0.29, 0.717) is 13.0 Å². The summed E-state index contributed by atoms with van der Waals surface area (Å²) in [6.45, 7) is 12.4. The molecule has 6 heteroatoms. The number of alkyl carbamates (subject to hydrolysis) is 1. The van der Waals surface area contributed by atoms with Crippen molar-refractivity contribution >= 4 is 17.7 Å². The van der Waals surface area contributed by atoms with Crippen LogP contribution in [0.3, 0.4) is 0 Å². The van der Waals surface area contributed by atoms with Crippen molar-refractivity contribution in [3.05, 3.63) is 48.5 Å². The molecule has 2 N–H and O–H groups in total. The van der Waals surface area contributed by atoms with Crippen LogP contribution < -0.4 is 15.4 Å². The number of carbonyl (C=O) groups excluding carboxylic acids is 2. The standard InChI is InChI=1S/C29H40N2O4/c1-21(32)30-24-9-7-8-23(20-24)22-10-12-25(13-11-22)34-19-18-29(16-14-28(5,6)15-17-29)35-26(33)31-27(2,3)4/h7-13,20H,14-19H2,1-6H3,(H,30,32)(H,31,33). The van der Waals surface area contributed by atoms with Crippen molar-refractivity contribution in [3.8, 4) is 16.9 Å². The number of hydrogen-bond acceptors (Lipinski definition) is 4. The van der Waals surface area contributed by atoms with Gasteiger partial charge >= 0.3 is 6.09 Å². The maximum Gasteiger partial charge on any atom is 0.408 e. The molecule has 0 bridgehead atoms. The monoisotopic (exact) mass is 480 g/mol. The Kier molecular flexibility index (Phi) is 8.14. The molecule has 3 rings (SSSR count). The number of hydrogen-bond donors (Lipinski definition) is 2. The summed E-state index contributed by atoms with van der Waals surface area (Å²) < 4.78 is 12.1. The van der Waals surface area contributed by atoms with Gasteiger partial charge in [-0.15, -0.1) is 0 Å². The number of ether oxygens (including phenoxy) is 2. The van der Waals surface area contributed by atoms with Crippen LogP contribution in [0.25, 0.3) is 11.1 Å². The molecule has 0 radical (unpaired) electrons. The fourth-order valence-electron chi connectivity index (χ4n) is 4.39. The first-order valence-corrected chi connectivity index (χ1v) is 12.5. The molecule has 35 heavy (non-hydrogen) atoms. The highest BCUT2D eigenvalue weighted by Gasteiger charge is 2.41. The number of carbonyl (C=O) groups is 2. The van der Waals surface area contributed by atoms with Crippen LogP contribution in [0.15, 0.2) is 48.5 Å². The van der Waals surface area contributed by atoms with Crippen LogP contribution in [0.4, 0.5) is 10.5 Å². The van der Waals surface area contributed by atoms with Gasteiger partial charge in [-0.1, -0.05) is 38.1 Å². The molecule has 1 aliphatic carbocycles. The first-order valence-electron chi connectivity index (χ1n) is 12.5. The summed E-state index contributed by atoms with van der Waals surface area (Å²) in [4.78, 5) is 23.9. The van der Waals surface area contributed by atoms with Crippen molar-refractivity contribution in [3.63, 3.8) is 0 Å². The van der Waals surface area contributed by atoms with E-state index in [-0.39, 0.29) is 23.0 Å². The van der Waals surface area contributed by atoms with Gasteiger partial charge in [0.25, 0.3) is 0 Å². The summed E-state index contributed by atoms with van der Waals surface area (Å²) in [5.41, 5.74) is 2.25. The fourth-order valence-corrected chi connectivity index (χ4v) is 4.39. The summed E-state index contributed by atoms with van der Waals surface area (Å²) in [6.07, 6.45) is 4.00. The van der Waals surface area contributed by atoms with Crippen molar-refractivity contribution in [2.24, 2.45) is 5.41 Å². The van der Waals surface area contributed by atoms with Gasteiger partial charge in [-0.25, -0.2) is 4.79 Å². The number of rotatable bonds is 7. The summed E-state index contributed by atoms with van der Waals surface area (Å²) in [5, 5.41) is 5.75. The van der Waals surface area contributed by atoms with Crippen molar-refractivity contribution in [1.29, 1.82) is 0 Å². The summed E-state index contributed by atoms with van der Waals surface area (Å²) >= 11 is 0. The van der Waals surface area contributed by atoms with E-state index in [0.717, 1.165) is 48.2 Å². The molecule has 2 amide bonds. The third kappa shape index (κ3) is 8.30. The zero-order chi connectivity index (χ0) is 25.7. The third-order valence-electron chi connectivity index (χ3n) is 6.50. The summed E-state index contributed by atoms with van der Waals surface area (Å²) in [5.74, 6) is 0.683. The Balaban J connectivity index is 1.62. The molecule has 1 saturated carbocycles. The first-order chi connectivity index (χ1) is 16.3. The minimum Gasteiger partial charge on any atom is -0.493 e. The highest BCUT2D eigenvalue weighted by atomic mass is 16.6. The molecule has 1 fully saturated rings. The Morgan fingerprint density at radius 2 is 1.60 bits per heavy atom. The molecular formula is C29H40N2O4. The van der Waals surface area contributed by atoms with Gasteiger partial charge in [-0.2, -0.15) is 0 Å². The van der Waals surface area contributed by atoms with Crippen LogP contribution >= 0.6 is 0 Å². The smallest absolute Gasteiger partial charge is 0.408 e. The Bertz CT molecular complexity index is 1010. The molecule has 0 spiro atoms. The van der Waals surface area contributed by atoms with Gasteiger partial charge < -0.3 is 20.1 Å². The van der Waals surface area contributed by atoms with Crippen LogP contribution in [-0.4, -0.2) is 29.7 Å². The number of benzene rings is 2. The van der Waals surface area contributed by atoms with Gasteiger partial charge in [0.05, 0.1) is 6.61 Å². The minimum absolute atomic E-state index is 0.0925. The normalized spacial score (nSPS) is 16.7. The molecular weight excluding hydrogens is 440 g/mol. The molecule has 0 aromatic heterocycles. The van der Waals surface area contributed by atoms with Crippen molar-refractivity contribution in [2.45, 2.75) is 84.8 Å². The Morgan fingerprint density at radius 1 is 0.943 bits per heavy atom. The third-order valence-corrected chi connectivity index (χ3v) is 6.50. The van der Waals surface area contributed by atoms with E-state index in [2.05, 4.69) is 24.5 Å². The lowest BCUT2D eigenvalue weighted by Crippen LogP contribution is -2.48. The number of anilines is 1.